The largest absolute Gasteiger partial charge is 0.243 e. The summed E-state index contributed by atoms with van der Waals surface area (Å²) in [4.78, 5) is 3.69. The molecule has 0 atom stereocenters. The first kappa shape index (κ1) is 4.74. The Morgan fingerprint density at radius 1 is 1.75 bits per heavy atom. The van der Waals surface area contributed by atoms with E-state index in [2.05, 4.69) is 10.1 Å². The van der Waals surface area contributed by atoms with Crippen LogP contribution in [-0.4, -0.2) is 15.7 Å². The lowest BCUT2D eigenvalue weighted by Crippen LogP contribution is -1.77. The Hall–Kier alpha value is -1.41. The molecule has 40 valence electrons. The maximum atomic E-state index is 6.41. The van der Waals surface area contributed by atoms with Gasteiger partial charge in [0.1, 0.15) is 12.3 Å². The zero-order valence-corrected chi connectivity index (χ0v) is 4.07. The molecule has 4 nitrogen and oxygen atoms in total. The highest BCUT2D eigenvalue weighted by atomic mass is 15.3. The van der Waals surface area contributed by atoms with Gasteiger partial charge in [-0.3, -0.25) is 0 Å². The van der Waals surface area contributed by atoms with Gasteiger partial charge in [0.05, 0.1) is 0 Å². The first-order valence-corrected chi connectivity index (χ1v) is 2.04. The first-order chi connectivity index (χ1) is 3.93. The number of aromatic nitrogens is 2. The zero-order valence-electron chi connectivity index (χ0n) is 4.07. The summed E-state index contributed by atoms with van der Waals surface area (Å²) in [6.07, 6.45) is 4.70. The number of imidazole rings is 1. The molecule has 0 bridgehead atoms. The lowest BCUT2D eigenvalue weighted by atomic mass is 11.0. The van der Waals surface area contributed by atoms with E-state index in [4.69, 9.17) is 5.41 Å². The molecule has 0 saturated carbocycles. The fourth-order valence-electron chi connectivity index (χ4n) is 0.369. The van der Waals surface area contributed by atoms with Gasteiger partial charge in [-0.2, -0.15) is 0 Å². The second-order valence-corrected chi connectivity index (χ2v) is 1.15. The van der Waals surface area contributed by atoms with Crippen LogP contribution in [0, 0.1) is 5.41 Å². The Bertz CT molecular complexity index is 194. The Balaban J connectivity index is 2.93. The summed E-state index contributed by atoms with van der Waals surface area (Å²) < 4.78 is 1.40. The smallest absolute Gasteiger partial charge is 0.117 e. The average Bonchev–Trinajstić information content (AvgIpc) is 2.19. The zero-order chi connectivity index (χ0) is 5.82. The van der Waals surface area contributed by atoms with Crippen molar-refractivity contribution in [3.8, 4) is 0 Å². The fourth-order valence-corrected chi connectivity index (χ4v) is 0.369. The van der Waals surface area contributed by atoms with Crippen LogP contribution in [0.25, 0.3) is 0 Å². The highest BCUT2D eigenvalue weighted by Crippen LogP contribution is 1.79. The van der Waals surface area contributed by atoms with Crippen LogP contribution in [0.1, 0.15) is 0 Å². The van der Waals surface area contributed by atoms with E-state index in [1.165, 1.54) is 11.0 Å². The monoisotopic (exact) mass is 108 g/mol. The van der Waals surface area contributed by atoms with Gasteiger partial charge in [-0.25, -0.2) is 15.1 Å². The van der Waals surface area contributed by atoms with Gasteiger partial charge in [0.2, 0.25) is 0 Å². The summed E-state index contributed by atoms with van der Waals surface area (Å²) >= 11 is 0. The molecule has 1 aromatic heterocycles. The van der Waals surface area contributed by atoms with Crippen LogP contribution in [0.2, 0.25) is 0 Å². The molecule has 0 aliphatic carbocycles. The minimum atomic E-state index is 1.40. The van der Waals surface area contributed by atoms with Crippen molar-refractivity contribution < 1.29 is 0 Å². The number of nitrogens with zero attached hydrogens (tertiary/aromatic N) is 3. The summed E-state index contributed by atoms with van der Waals surface area (Å²) in [5, 5.41) is 9.85. The quantitative estimate of drug-likeness (QED) is 0.520. The van der Waals surface area contributed by atoms with E-state index >= 15 is 0 Å². The molecular weight excluding hydrogens is 104 g/mol. The van der Waals surface area contributed by atoms with Gasteiger partial charge >= 0.3 is 0 Å². The van der Waals surface area contributed by atoms with Crippen molar-refractivity contribution >= 4 is 6.01 Å². The second kappa shape index (κ2) is 2.04. The number of nitrogens with one attached hydrogen (secondary N) is 1. The highest BCUT2D eigenvalue weighted by Gasteiger charge is 1.76. The van der Waals surface area contributed by atoms with E-state index < -0.39 is 0 Å². The van der Waals surface area contributed by atoms with Crippen molar-refractivity contribution in [2.45, 2.75) is 0 Å². The molecule has 0 unspecified atom stereocenters. The Kier molecular flexibility index (Phi) is 1.21. The van der Waals surface area contributed by atoms with Crippen LogP contribution >= 0.6 is 0 Å². The number of hydrogen-bond acceptors (Lipinski definition) is 3. The van der Waals surface area contributed by atoms with Crippen LogP contribution in [0.3, 0.4) is 0 Å². The fraction of sp³-hybridized carbons (Fsp3) is 0. The molecule has 0 saturated heterocycles. The van der Waals surface area contributed by atoms with Gasteiger partial charge in [-0.05, 0) is 0 Å². The van der Waals surface area contributed by atoms with Crippen molar-refractivity contribution in [1.82, 2.24) is 9.66 Å². The lowest BCUT2D eigenvalue weighted by molar-refractivity contribution is 0.881. The standard InChI is InChI=1S/C4H4N4/c5-3-7-8-2-1-6-4-8/h1-2,4-5H. The van der Waals surface area contributed by atoms with Gasteiger partial charge < -0.3 is 0 Å². The van der Waals surface area contributed by atoms with E-state index in [-0.39, 0.29) is 0 Å². The number of rotatable bonds is 1. The Labute approximate surface area is 46.0 Å². The van der Waals surface area contributed by atoms with Gasteiger partial charge in [-0.15, -0.1) is 5.10 Å². The van der Waals surface area contributed by atoms with Crippen LogP contribution in [0.5, 0.6) is 0 Å². The molecule has 0 aliphatic rings. The summed E-state index contributed by atoms with van der Waals surface area (Å²) in [5.41, 5.74) is 0. The number of hydrogen-bond donors (Lipinski definition) is 1. The van der Waals surface area contributed by atoms with Crippen LogP contribution < -0.4 is 0 Å². The van der Waals surface area contributed by atoms with Crippen molar-refractivity contribution in [3.63, 3.8) is 0 Å². The van der Waals surface area contributed by atoms with Crippen LogP contribution in [0.15, 0.2) is 23.8 Å². The molecule has 1 N–H and O–H groups in total. The lowest BCUT2D eigenvalue weighted by Gasteiger charge is -1.78. The van der Waals surface area contributed by atoms with Crippen molar-refractivity contribution in [2.75, 3.05) is 0 Å². The topological polar surface area (TPSA) is 54.0 Å². The van der Waals surface area contributed by atoms with E-state index in [0.29, 0.717) is 0 Å². The maximum Gasteiger partial charge on any atom is 0.117 e. The Morgan fingerprint density at radius 3 is 3.12 bits per heavy atom. The van der Waals surface area contributed by atoms with Crippen molar-refractivity contribution in [3.05, 3.63) is 18.7 Å². The third-order valence-corrected chi connectivity index (χ3v) is 0.656. The summed E-state index contributed by atoms with van der Waals surface area (Å²) in [6, 6.07) is 1.87. The molecule has 8 heavy (non-hydrogen) atoms. The summed E-state index contributed by atoms with van der Waals surface area (Å²) in [5.74, 6) is 0. The van der Waals surface area contributed by atoms with Gasteiger partial charge in [0, 0.05) is 12.4 Å². The second-order valence-electron chi connectivity index (χ2n) is 1.15. The first-order valence-electron chi connectivity index (χ1n) is 2.04. The van der Waals surface area contributed by atoms with Crippen molar-refractivity contribution in [2.24, 2.45) is 5.10 Å². The molecule has 0 aromatic carbocycles. The average molecular weight is 108 g/mol. The van der Waals surface area contributed by atoms with Gasteiger partial charge in [0.15, 0.2) is 0 Å². The third-order valence-electron chi connectivity index (χ3n) is 0.656. The summed E-state index contributed by atoms with van der Waals surface area (Å²) in [7, 11) is 0. The van der Waals surface area contributed by atoms with E-state index in [1.807, 2.05) is 6.01 Å². The molecule has 1 rings (SSSR count). The SMILES string of the molecule is N=C=Nn1ccnc1. The molecule has 0 aliphatic heterocycles. The van der Waals surface area contributed by atoms with Gasteiger partial charge in [-0.1, -0.05) is 0 Å². The molecule has 4 heteroatoms. The summed E-state index contributed by atoms with van der Waals surface area (Å²) in [6.45, 7) is 0. The third kappa shape index (κ3) is 0.802. The predicted molar refractivity (Wildman–Crippen MR) is 27.8 cm³/mol. The molecule has 0 spiro atoms. The van der Waals surface area contributed by atoms with Gasteiger partial charge in [0.25, 0.3) is 0 Å². The Morgan fingerprint density at radius 2 is 2.62 bits per heavy atom. The van der Waals surface area contributed by atoms with E-state index in [0.717, 1.165) is 0 Å². The molecule has 1 heterocycles. The molecule has 0 amide bonds. The maximum absolute atomic E-state index is 6.41. The molecule has 0 radical (unpaired) electrons. The van der Waals surface area contributed by atoms with Crippen LogP contribution in [-0.2, 0) is 0 Å². The van der Waals surface area contributed by atoms with E-state index in [1.54, 1.807) is 12.4 Å². The predicted octanol–water partition coefficient (Wildman–Crippen LogP) is 0.399. The minimum absolute atomic E-state index is 1.40. The van der Waals surface area contributed by atoms with E-state index in [9.17, 15) is 0 Å². The molecular formula is C4H4N4. The minimum Gasteiger partial charge on any atom is -0.243 e. The highest BCUT2D eigenvalue weighted by molar-refractivity contribution is 5.35. The molecule has 1 aromatic rings. The van der Waals surface area contributed by atoms with Crippen LogP contribution in [0.4, 0.5) is 0 Å². The molecule has 0 fully saturated rings. The van der Waals surface area contributed by atoms with Crippen molar-refractivity contribution in [1.29, 1.82) is 5.41 Å². The normalized spacial score (nSPS) is 8.00.